The van der Waals surface area contributed by atoms with Gasteiger partial charge < -0.3 is 4.74 Å². The van der Waals surface area contributed by atoms with Crippen LogP contribution in [0, 0.1) is 0 Å². The number of thiophene rings is 1. The number of carbonyl (C=O) groups excluding carboxylic acids is 1. The first-order valence-corrected chi connectivity index (χ1v) is 6.40. The molecule has 1 aliphatic carbocycles. The van der Waals surface area contributed by atoms with Crippen LogP contribution < -0.4 is 0 Å². The van der Waals surface area contributed by atoms with E-state index in [2.05, 4.69) is 0 Å². The molecule has 1 heterocycles. The van der Waals surface area contributed by atoms with Crippen LogP contribution in [-0.2, 0) is 17.6 Å². The van der Waals surface area contributed by atoms with E-state index in [1.54, 1.807) is 0 Å². The summed E-state index contributed by atoms with van der Waals surface area (Å²) in [6, 6.07) is 0. The highest BCUT2D eigenvalue weighted by Gasteiger charge is 2.24. The molecule has 1 aromatic heterocycles. The van der Waals surface area contributed by atoms with Crippen molar-refractivity contribution in [2.75, 3.05) is 6.61 Å². The second-order valence-electron chi connectivity index (χ2n) is 3.59. The van der Waals surface area contributed by atoms with E-state index in [0.717, 1.165) is 34.0 Å². The number of hydrogen-bond acceptors (Lipinski definition) is 3. The van der Waals surface area contributed by atoms with E-state index in [-0.39, 0.29) is 5.97 Å². The lowest BCUT2D eigenvalue weighted by molar-refractivity contribution is 0.0530. The summed E-state index contributed by atoms with van der Waals surface area (Å²) in [5.74, 6) is -0.215. The zero-order valence-electron chi connectivity index (χ0n) is 8.64. The van der Waals surface area contributed by atoms with E-state index in [9.17, 15) is 4.79 Å². The summed E-state index contributed by atoms with van der Waals surface area (Å²) >= 11 is 7.49. The summed E-state index contributed by atoms with van der Waals surface area (Å²) < 4.78 is 5.79. The maximum atomic E-state index is 11.7. The molecule has 0 bridgehead atoms. The van der Waals surface area contributed by atoms with E-state index >= 15 is 0 Å². The average Bonchev–Trinajstić information content (AvgIpc) is 2.58. The molecular weight excluding hydrogens is 232 g/mol. The maximum Gasteiger partial charge on any atom is 0.348 e. The molecule has 0 unspecified atom stereocenters. The number of halogens is 1. The number of esters is 1. The number of carbonyl (C=O) groups is 1. The largest absolute Gasteiger partial charge is 0.462 e. The Labute approximate surface area is 98.2 Å². The van der Waals surface area contributed by atoms with Gasteiger partial charge in [-0.2, -0.15) is 0 Å². The van der Waals surface area contributed by atoms with Crippen LogP contribution in [0.1, 0.15) is 40.6 Å². The third-order valence-corrected chi connectivity index (χ3v) is 4.13. The quantitative estimate of drug-likeness (QED) is 0.745. The molecule has 0 aliphatic heterocycles. The fourth-order valence-electron chi connectivity index (χ4n) is 1.95. The molecule has 0 spiro atoms. The summed E-state index contributed by atoms with van der Waals surface area (Å²) in [5, 5.41) is 0. The molecule has 2 nitrogen and oxygen atoms in total. The van der Waals surface area contributed by atoms with Crippen molar-refractivity contribution in [3.05, 3.63) is 20.3 Å². The molecule has 0 radical (unpaired) electrons. The molecule has 2 rings (SSSR count). The fourth-order valence-corrected chi connectivity index (χ4v) is 3.41. The van der Waals surface area contributed by atoms with Crippen LogP contribution in [0.2, 0.25) is 4.34 Å². The number of fused-ring (bicyclic) bond motifs is 1. The lowest BCUT2D eigenvalue weighted by Gasteiger charge is -2.12. The first-order chi connectivity index (χ1) is 7.24. The monoisotopic (exact) mass is 244 g/mol. The van der Waals surface area contributed by atoms with E-state index in [1.165, 1.54) is 23.3 Å². The van der Waals surface area contributed by atoms with Gasteiger partial charge in [-0.05, 0) is 43.7 Å². The van der Waals surface area contributed by atoms with E-state index in [4.69, 9.17) is 16.3 Å². The molecule has 1 aromatic rings. The Hall–Kier alpha value is -0.540. The minimum absolute atomic E-state index is 0.215. The Morgan fingerprint density at radius 2 is 2.07 bits per heavy atom. The van der Waals surface area contributed by atoms with Gasteiger partial charge in [0.15, 0.2) is 0 Å². The van der Waals surface area contributed by atoms with Crippen molar-refractivity contribution >= 4 is 28.9 Å². The Morgan fingerprint density at radius 1 is 1.40 bits per heavy atom. The number of ether oxygens (including phenoxy) is 1. The van der Waals surface area contributed by atoms with Crippen molar-refractivity contribution < 1.29 is 9.53 Å². The SMILES string of the molecule is CCOC(=O)c1sc(Cl)c2c1CCCC2. The van der Waals surface area contributed by atoms with Crippen molar-refractivity contribution in [1.29, 1.82) is 0 Å². The summed E-state index contributed by atoms with van der Waals surface area (Å²) in [7, 11) is 0. The standard InChI is InChI=1S/C11H13ClO2S/c1-2-14-11(13)9-7-5-3-4-6-8(7)10(12)15-9/h2-6H2,1H3. The topological polar surface area (TPSA) is 26.3 Å². The van der Waals surface area contributed by atoms with Gasteiger partial charge in [-0.25, -0.2) is 4.79 Å². The van der Waals surface area contributed by atoms with Gasteiger partial charge in [0.05, 0.1) is 10.9 Å². The lowest BCUT2D eigenvalue weighted by atomic mass is 9.94. The lowest BCUT2D eigenvalue weighted by Crippen LogP contribution is -2.08. The van der Waals surface area contributed by atoms with Crippen LogP contribution in [-0.4, -0.2) is 12.6 Å². The Balaban J connectivity index is 2.35. The molecule has 0 fully saturated rings. The van der Waals surface area contributed by atoms with Crippen LogP contribution in [0.4, 0.5) is 0 Å². The van der Waals surface area contributed by atoms with Gasteiger partial charge in [0.2, 0.25) is 0 Å². The van der Waals surface area contributed by atoms with Crippen molar-refractivity contribution in [3.8, 4) is 0 Å². The summed E-state index contributed by atoms with van der Waals surface area (Å²) in [6.45, 7) is 2.24. The molecule has 1 aliphatic rings. The molecule has 0 N–H and O–H groups in total. The predicted octanol–water partition coefficient (Wildman–Crippen LogP) is 3.46. The Bertz CT molecular complexity index is 384. The van der Waals surface area contributed by atoms with Crippen molar-refractivity contribution in [2.45, 2.75) is 32.6 Å². The smallest absolute Gasteiger partial charge is 0.348 e. The molecule has 0 amide bonds. The van der Waals surface area contributed by atoms with Crippen LogP contribution >= 0.6 is 22.9 Å². The van der Waals surface area contributed by atoms with Crippen molar-refractivity contribution in [2.24, 2.45) is 0 Å². The number of hydrogen-bond donors (Lipinski definition) is 0. The average molecular weight is 245 g/mol. The molecular formula is C11H13ClO2S. The molecule has 0 atom stereocenters. The molecule has 0 aromatic carbocycles. The zero-order chi connectivity index (χ0) is 10.8. The van der Waals surface area contributed by atoms with E-state index in [1.807, 2.05) is 6.92 Å². The third kappa shape index (κ3) is 2.04. The van der Waals surface area contributed by atoms with Gasteiger partial charge in [-0.15, -0.1) is 11.3 Å². The van der Waals surface area contributed by atoms with Gasteiger partial charge in [-0.3, -0.25) is 0 Å². The van der Waals surface area contributed by atoms with Crippen LogP contribution in [0.25, 0.3) is 0 Å². The van der Waals surface area contributed by atoms with E-state index < -0.39 is 0 Å². The first kappa shape index (κ1) is 11.0. The molecule has 0 saturated carbocycles. The predicted molar refractivity (Wildman–Crippen MR) is 61.9 cm³/mol. The molecule has 15 heavy (non-hydrogen) atoms. The van der Waals surface area contributed by atoms with Crippen LogP contribution in [0.3, 0.4) is 0 Å². The van der Waals surface area contributed by atoms with Gasteiger partial charge in [0, 0.05) is 0 Å². The molecule has 4 heteroatoms. The van der Waals surface area contributed by atoms with Gasteiger partial charge in [0.1, 0.15) is 4.88 Å². The normalized spacial score (nSPS) is 14.8. The minimum Gasteiger partial charge on any atom is -0.462 e. The second-order valence-corrected chi connectivity index (χ2v) is 5.21. The third-order valence-electron chi connectivity index (χ3n) is 2.63. The van der Waals surface area contributed by atoms with Gasteiger partial charge in [0.25, 0.3) is 0 Å². The summed E-state index contributed by atoms with van der Waals surface area (Å²) in [6.07, 6.45) is 4.29. The highest BCUT2D eigenvalue weighted by atomic mass is 35.5. The van der Waals surface area contributed by atoms with Crippen molar-refractivity contribution in [3.63, 3.8) is 0 Å². The first-order valence-electron chi connectivity index (χ1n) is 5.21. The minimum atomic E-state index is -0.215. The maximum absolute atomic E-state index is 11.7. The van der Waals surface area contributed by atoms with Crippen LogP contribution in [0.15, 0.2) is 0 Å². The Morgan fingerprint density at radius 3 is 2.73 bits per heavy atom. The second kappa shape index (κ2) is 4.54. The highest BCUT2D eigenvalue weighted by molar-refractivity contribution is 7.18. The Kier molecular flexibility index (Phi) is 3.32. The van der Waals surface area contributed by atoms with Gasteiger partial charge >= 0.3 is 5.97 Å². The van der Waals surface area contributed by atoms with E-state index in [0.29, 0.717) is 6.61 Å². The molecule has 82 valence electrons. The highest BCUT2D eigenvalue weighted by Crippen LogP contribution is 2.37. The summed E-state index contributed by atoms with van der Waals surface area (Å²) in [5.41, 5.74) is 2.31. The summed E-state index contributed by atoms with van der Waals surface area (Å²) in [4.78, 5) is 12.4. The van der Waals surface area contributed by atoms with Crippen molar-refractivity contribution in [1.82, 2.24) is 0 Å². The number of rotatable bonds is 2. The fraction of sp³-hybridized carbons (Fsp3) is 0.545. The van der Waals surface area contributed by atoms with Crippen LogP contribution in [0.5, 0.6) is 0 Å². The zero-order valence-corrected chi connectivity index (χ0v) is 10.2. The van der Waals surface area contributed by atoms with Gasteiger partial charge in [-0.1, -0.05) is 11.6 Å². The molecule has 0 saturated heterocycles.